The molecule has 1 aromatic carbocycles. The van der Waals surface area contributed by atoms with Crippen LogP contribution in [0, 0.1) is 11.7 Å². The quantitative estimate of drug-likeness (QED) is 0.646. The number of nitrogens with one attached hydrogen (secondary N) is 1. The first kappa shape index (κ1) is 16.4. The fourth-order valence-electron chi connectivity index (χ4n) is 1.58. The molecule has 1 unspecified atom stereocenters. The maximum atomic E-state index is 13.2. The average Bonchev–Trinajstić information content (AvgIpc) is 2.38. The topological polar surface area (TPSA) is 81.4 Å². The van der Waals surface area contributed by atoms with Crippen LogP contribution < -0.4 is 11.1 Å². The summed E-state index contributed by atoms with van der Waals surface area (Å²) in [5.41, 5.74) is 5.45. The number of nitrogen functional groups attached to an aromatic ring is 1. The number of nitrogens with two attached hydrogens (primary N) is 1. The van der Waals surface area contributed by atoms with Gasteiger partial charge in [0.15, 0.2) is 0 Å². The summed E-state index contributed by atoms with van der Waals surface area (Å²) in [4.78, 5) is 23.7. The summed E-state index contributed by atoms with van der Waals surface area (Å²) in [7, 11) is 1.25. The third-order valence-electron chi connectivity index (χ3n) is 2.74. The summed E-state index contributed by atoms with van der Waals surface area (Å²) in [5, 5.41) is 2.55. The molecule has 0 aliphatic rings. The van der Waals surface area contributed by atoms with E-state index in [-0.39, 0.29) is 21.6 Å². The Morgan fingerprint density at radius 2 is 2.00 bits per heavy atom. The van der Waals surface area contributed by atoms with Gasteiger partial charge in [0, 0.05) is 4.47 Å². The molecule has 0 saturated heterocycles. The first-order valence-corrected chi connectivity index (χ1v) is 6.70. The van der Waals surface area contributed by atoms with Crippen molar-refractivity contribution in [3.63, 3.8) is 0 Å². The lowest BCUT2D eigenvalue weighted by Crippen LogP contribution is -2.45. The van der Waals surface area contributed by atoms with Crippen LogP contribution in [-0.4, -0.2) is 25.0 Å². The number of hydrogen-bond acceptors (Lipinski definition) is 4. The van der Waals surface area contributed by atoms with E-state index in [1.807, 2.05) is 0 Å². The molecule has 1 atom stereocenters. The molecule has 3 N–H and O–H groups in total. The van der Waals surface area contributed by atoms with Gasteiger partial charge in [-0.1, -0.05) is 13.8 Å². The van der Waals surface area contributed by atoms with Gasteiger partial charge in [-0.2, -0.15) is 0 Å². The maximum Gasteiger partial charge on any atom is 0.328 e. The highest BCUT2D eigenvalue weighted by molar-refractivity contribution is 9.10. The van der Waals surface area contributed by atoms with E-state index in [0.29, 0.717) is 0 Å². The lowest BCUT2D eigenvalue weighted by molar-refractivity contribution is -0.144. The minimum Gasteiger partial charge on any atom is -0.467 e. The van der Waals surface area contributed by atoms with Crippen molar-refractivity contribution < 1.29 is 18.7 Å². The van der Waals surface area contributed by atoms with Crippen molar-refractivity contribution in [2.75, 3.05) is 12.8 Å². The zero-order valence-electron chi connectivity index (χ0n) is 11.4. The van der Waals surface area contributed by atoms with Gasteiger partial charge in [-0.3, -0.25) is 4.79 Å². The summed E-state index contributed by atoms with van der Waals surface area (Å²) in [5.74, 6) is -1.85. The maximum absolute atomic E-state index is 13.2. The third kappa shape index (κ3) is 3.69. The predicted molar refractivity (Wildman–Crippen MR) is 76.6 cm³/mol. The zero-order chi connectivity index (χ0) is 15.4. The lowest BCUT2D eigenvalue weighted by atomic mass is 10.0. The molecule has 0 aliphatic heterocycles. The Hall–Kier alpha value is -1.63. The molecule has 1 aromatic rings. The van der Waals surface area contributed by atoms with E-state index in [0.717, 1.165) is 6.07 Å². The summed E-state index contributed by atoms with van der Waals surface area (Å²) < 4.78 is 18.1. The predicted octanol–water partition coefficient (Wildman–Crippen LogP) is 2.10. The van der Waals surface area contributed by atoms with Crippen molar-refractivity contribution in [2.45, 2.75) is 19.9 Å². The second-order valence-corrected chi connectivity index (χ2v) is 5.43. The fourth-order valence-corrected chi connectivity index (χ4v) is 2.08. The van der Waals surface area contributed by atoms with Crippen LogP contribution in [0.15, 0.2) is 16.6 Å². The molecular weight excluding hydrogens is 331 g/mol. The Balaban J connectivity index is 3.01. The number of hydrogen-bond donors (Lipinski definition) is 2. The Morgan fingerprint density at radius 3 is 2.50 bits per heavy atom. The van der Waals surface area contributed by atoms with E-state index in [1.165, 1.54) is 13.2 Å². The second kappa shape index (κ2) is 6.69. The van der Waals surface area contributed by atoms with Crippen LogP contribution in [-0.2, 0) is 9.53 Å². The molecule has 0 bridgehead atoms. The van der Waals surface area contributed by atoms with Crippen molar-refractivity contribution in [2.24, 2.45) is 5.92 Å². The van der Waals surface area contributed by atoms with Gasteiger partial charge in [-0.15, -0.1) is 0 Å². The molecule has 0 radical (unpaired) electrons. The van der Waals surface area contributed by atoms with Crippen molar-refractivity contribution in [1.82, 2.24) is 5.32 Å². The van der Waals surface area contributed by atoms with Gasteiger partial charge in [0.1, 0.15) is 11.9 Å². The Bertz CT molecular complexity index is 535. The van der Waals surface area contributed by atoms with Gasteiger partial charge in [0.25, 0.3) is 5.91 Å². The lowest BCUT2D eigenvalue weighted by Gasteiger charge is -2.20. The second-order valence-electron chi connectivity index (χ2n) is 4.57. The van der Waals surface area contributed by atoms with E-state index < -0.39 is 23.7 Å². The standard InChI is InChI=1S/C13H16BrFN2O3/c1-6(2)11(13(19)20-3)17-12(18)7-4-10(16)9(15)5-8(7)14/h4-6,11H,16H2,1-3H3,(H,17,18). The van der Waals surface area contributed by atoms with Crippen molar-refractivity contribution in [3.05, 3.63) is 28.0 Å². The smallest absolute Gasteiger partial charge is 0.328 e. The molecule has 7 heteroatoms. The van der Waals surface area contributed by atoms with Gasteiger partial charge in [0.2, 0.25) is 0 Å². The molecule has 110 valence electrons. The number of amides is 1. The van der Waals surface area contributed by atoms with Crippen molar-refractivity contribution in [3.8, 4) is 0 Å². The van der Waals surface area contributed by atoms with Crippen LogP contribution in [0.2, 0.25) is 0 Å². The van der Waals surface area contributed by atoms with E-state index in [4.69, 9.17) is 5.73 Å². The molecule has 0 aromatic heterocycles. The number of carbonyl (C=O) groups is 2. The molecule has 1 rings (SSSR count). The molecule has 0 aliphatic carbocycles. The first-order chi connectivity index (χ1) is 9.27. The Kier molecular flexibility index (Phi) is 5.50. The minimum absolute atomic E-state index is 0.141. The van der Waals surface area contributed by atoms with Gasteiger partial charge in [0.05, 0.1) is 18.4 Å². The molecule has 1 amide bonds. The number of carbonyl (C=O) groups excluding carboxylic acids is 2. The van der Waals surface area contributed by atoms with Crippen LogP contribution >= 0.6 is 15.9 Å². The molecular formula is C13H16BrFN2O3. The highest BCUT2D eigenvalue weighted by Gasteiger charge is 2.26. The molecule has 0 saturated carbocycles. The largest absolute Gasteiger partial charge is 0.467 e. The molecule has 0 spiro atoms. The monoisotopic (exact) mass is 346 g/mol. The molecule has 5 nitrogen and oxygen atoms in total. The molecule has 20 heavy (non-hydrogen) atoms. The number of methoxy groups -OCH3 is 1. The van der Waals surface area contributed by atoms with E-state index >= 15 is 0 Å². The highest BCUT2D eigenvalue weighted by atomic mass is 79.9. The van der Waals surface area contributed by atoms with Crippen molar-refractivity contribution >= 4 is 33.5 Å². The van der Waals surface area contributed by atoms with Gasteiger partial charge in [-0.25, -0.2) is 9.18 Å². The van der Waals surface area contributed by atoms with Crippen molar-refractivity contribution in [1.29, 1.82) is 0 Å². The molecule has 0 heterocycles. The Labute approximate surface area is 124 Å². The fraction of sp³-hybridized carbons (Fsp3) is 0.385. The number of benzene rings is 1. The Morgan fingerprint density at radius 1 is 1.40 bits per heavy atom. The summed E-state index contributed by atoms with van der Waals surface area (Å²) >= 11 is 3.09. The summed E-state index contributed by atoms with van der Waals surface area (Å²) in [6.07, 6.45) is 0. The summed E-state index contributed by atoms with van der Waals surface area (Å²) in [6, 6.07) is 1.53. The number of ether oxygens (including phenoxy) is 1. The van der Waals surface area contributed by atoms with E-state index in [2.05, 4.69) is 26.0 Å². The van der Waals surface area contributed by atoms with E-state index in [1.54, 1.807) is 13.8 Å². The SMILES string of the molecule is COC(=O)C(NC(=O)c1cc(N)c(F)cc1Br)C(C)C. The van der Waals surface area contributed by atoms with Crippen LogP contribution in [0.5, 0.6) is 0 Å². The molecule has 0 fully saturated rings. The highest BCUT2D eigenvalue weighted by Crippen LogP contribution is 2.23. The van der Waals surface area contributed by atoms with Gasteiger partial charge >= 0.3 is 5.97 Å². The van der Waals surface area contributed by atoms with Gasteiger partial charge < -0.3 is 15.8 Å². The van der Waals surface area contributed by atoms with Crippen LogP contribution in [0.25, 0.3) is 0 Å². The number of halogens is 2. The minimum atomic E-state index is -0.786. The zero-order valence-corrected chi connectivity index (χ0v) is 13.0. The van der Waals surface area contributed by atoms with Crippen LogP contribution in [0.1, 0.15) is 24.2 Å². The van der Waals surface area contributed by atoms with E-state index in [9.17, 15) is 14.0 Å². The third-order valence-corrected chi connectivity index (χ3v) is 3.40. The van der Waals surface area contributed by atoms with Gasteiger partial charge in [-0.05, 0) is 34.0 Å². The number of esters is 1. The first-order valence-electron chi connectivity index (χ1n) is 5.91. The normalized spacial score (nSPS) is 12.1. The van der Waals surface area contributed by atoms with Crippen LogP contribution in [0.4, 0.5) is 10.1 Å². The average molecular weight is 347 g/mol. The van der Waals surface area contributed by atoms with Crippen LogP contribution in [0.3, 0.4) is 0 Å². The summed E-state index contributed by atoms with van der Waals surface area (Å²) in [6.45, 7) is 3.55. The number of rotatable bonds is 4. The number of anilines is 1.